The number of amides is 1. The van der Waals surface area contributed by atoms with Crippen molar-refractivity contribution in [3.05, 3.63) is 28.3 Å². The summed E-state index contributed by atoms with van der Waals surface area (Å²) in [5.41, 5.74) is 7.77. The first-order valence-electron chi connectivity index (χ1n) is 7.36. The molecule has 2 N–H and O–H groups in total. The van der Waals surface area contributed by atoms with E-state index in [9.17, 15) is 4.79 Å². The number of carbonyl (C=O) groups is 1. The van der Waals surface area contributed by atoms with Crippen LogP contribution in [0.3, 0.4) is 0 Å². The quantitative estimate of drug-likeness (QED) is 0.934. The van der Waals surface area contributed by atoms with E-state index in [0.29, 0.717) is 18.8 Å². The maximum absolute atomic E-state index is 12.4. The van der Waals surface area contributed by atoms with Gasteiger partial charge in [0.15, 0.2) is 6.10 Å². The van der Waals surface area contributed by atoms with Gasteiger partial charge in [0.2, 0.25) is 0 Å². The minimum atomic E-state index is -0.501. The first-order chi connectivity index (χ1) is 9.88. The maximum Gasteiger partial charge on any atom is 0.263 e. The fraction of sp³-hybridized carbons (Fsp3) is 0.562. The fourth-order valence-electron chi connectivity index (χ4n) is 2.61. The molecule has 1 saturated heterocycles. The molecule has 21 heavy (non-hydrogen) atoms. The minimum absolute atomic E-state index is 0.0205. The Morgan fingerprint density at radius 3 is 2.38 bits per heavy atom. The Bertz CT molecular complexity index is 502. The van der Waals surface area contributed by atoms with Crippen molar-refractivity contribution in [2.24, 2.45) is 5.73 Å². The van der Waals surface area contributed by atoms with Crippen molar-refractivity contribution in [2.45, 2.75) is 45.8 Å². The van der Waals surface area contributed by atoms with Crippen LogP contribution >= 0.6 is 11.6 Å². The van der Waals surface area contributed by atoms with Crippen LogP contribution in [0.5, 0.6) is 5.75 Å². The number of nitrogens with two attached hydrogens (primary N) is 1. The highest BCUT2D eigenvalue weighted by Crippen LogP contribution is 2.26. The van der Waals surface area contributed by atoms with Gasteiger partial charge in [-0.1, -0.05) is 11.6 Å². The number of piperidine rings is 1. The normalized spacial score (nSPS) is 17.7. The molecule has 1 aliphatic heterocycles. The van der Waals surface area contributed by atoms with Crippen LogP contribution in [0.1, 0.15) is 30.9 Å². The number of hydrogen-bond donors (Lipinski definition) is 1. The van der Waals surface area contributed by atoms with Crippen molar-refractivity contribution in [3.63, 3.8) is 0 Å². The highest BCUT2D eigenvalue weighted by Gasteiger charge is 2.25. The third kappa shape index (κ3) is 3.89. The predicted octanol–water partition coefficient (Wildman–Crippen LogP) is 2.67. The van der Waals surface area contributed by atoms with Crippen molar-refractivity contribution in [1.29, 1.82) is 0 Å². The summed E-state index contributed by atoms with van der Waals surface area (Å²) in [5.74, 6) is 0.705. The molecule has 1 fully saturated rings. The van der Waals surface area contributed by atoms with Crippen LogP contribution in [0.25, 0.3) is 0 Å². The average Bonchev–Trinajstić information content (AvgIpc) is 2.44. The van der Waals surface area contributed by atoms with Gasteiger partial charge in [-0.15, -0.1) is 0 Å². The number of aryl methyl sites for hydroxylation is 2. The van der Waals surface area contributed by atoms with Gasteiger partial charge in [-0.3, -0.25) is 4.79 Å². The van der Waals surface area contributed by atoms with Crippen molar-refractivity contribution in [3.8, 4) is 5.75 Å². The Kier molecular flexibility index (Phi) is 5.12. The van der Waals surface area contributed by atoms with E-state index in [1.54, 1.807) is 6.92 Å². The summed E-state index contributed by atoms with van der Waals surface area (Å²) in [6, 6.07) is 3.95. The molecule has 1 aromatic carbocycles. The lowest BCUT2D eigenvalue weighted by atomic mass is 10.1. The van der Waals surface area contributed by atoms with Crippen LogP contribution in [0, 0.1) is 13.8 Å². The third-order valence-electron chi connectivity index (χ3n) is 3.92. The van der Waals surface area contributed by atoms with E-state index in [4.69, 9.17) is 22.1 Å². The molecule has 5 heteroatoms. The van der Waals surface area contributed by atoms with Gasteiger partial charge in [0, 0.05) is 24.2 Å². The van der Waals surface area contributed by atoms with Gasteiger partial charge in [-0.05, 0) is 56.9 Å². The van der Waals surface area contributed by atoms with Crippen LogP contribution in [0.4, 0.5) is 0 Å². The first kappa shape index (κ1) is 16.1. The Labute approximate surface area is 131 Å². The van der Waals surface area contributed by atoms with Gasteiger partial charge in [-0.2, -0.15) is 0 Å². The third-order valence-corrected chi connectivity index (χ3v) is 4.52. The summed E-state index contributed by atoms with van der Waals surface area (Å²) >= 11 is 6.14. The molecule has 116 valence electrons. The Morgan fingerprint density at radius 1 is 1.33 bits per heavy atom. The zero-order chi connectivity index (χ0) is 15.6. The summed E-state index contributed by atoms with van der Waals surface area (Å²) in [6.07, 6.45) is 1.22. The monoisotopic (exact) mass is 310 g/mol. The average molecular weight is 311 g/mol. The molecule has 2 rings (SSSR count). The Morgan fingerprint density at radius 2 is 1.86 bits per heavy atom. The van der Waals surface area contributed by atoms with E-state index in [1.165, 1.54) is 0 Å². The second kappa shape index (κ2) is 6.67. The second-order valence-corrected chi connectivity index (χ2v) is 6.17. The summed E-state index contributed by atoms with van der Waals surface area (Å²) in [6.45, 7) is 7.08. The van der Waals surface area contributed by atoms with E-state index < -0.39 is 6.10 Å². The second-order valence-electron chi connectivity index (χ2n) is 5.79. The van der Waals surface area contributed by atoms with Crippen LogP contribution in [-0.4, -0.2) is 36.0 Å². The first-order valence-corrected chi connectivity index (χ1v) is 7.74. The van der Waals surface area contributed by atoms with E-state index in [0.717, 1.165) is 29.0 Å². The SMILES string of the molecule is Cc1cc(OC(C)C(=O)N2CCC(N)CC2)cc(C)c1Cl. The largest absolute Gasteiger partial charge is 0.481 e. The van der Waals surface area contributed by atoms with Crippen LogP contribution in [-0.2, 0) is 4.79 Å². The lowest BCUT2D eigenvalue weighted by Gasteiger charge is -2.32. The topological polar surface area (TPSA) is 55.6 Å². The molecule has 1 amide bonds. The number of nitrogens with zero attached hydrogens (tertiary/aromatic N) is 1. The lowest BCUT2D eigenvalue weighted by molar-refractivity contribution is -0.139. The molecule has 4 nitrogen and oxygen atoms in total. The number of likely N-dealkylation sites (tertiary alicyclic amines) is 1. The molecule has 0 bridgehead atoms. The van der Waals surface area contributed by atoms with Crippen molar-refractivity contribution in [2.75, 3.05) is 13.1 Å². The molecule has 1 atom stereocenters. The molecule has 0 spiro atoms. The molecule has 1 aliphatic rings. The molecule has 0 saturated carbocycles. The predicted molar refractivity (Wildman–Crippen MR) is 84.8 cm³/mol. The number of halogens is 1. The van der Waals surface area contributed by atoms with Crippen molar-refractivity contribution in [1.82, 2.24) is 4.90 Å². The number of hydrogen-bond acceptors (Lipinski definition) is 3. The molecule has 1 aromatic rings. The van der Waals surface area contributed by atoms with E-state index in [2.05, 4.69) is 0 Å². The molecule has 1 heterocycles. The van der Waals surface area contributed by atoms with Gasteiger partial charge in [0.1, 0.15) is 5.75 Å². The molecule has 0 radical (unpaired) electrons. The lowest BCUT2D eigenvalue weighted by Crippen LogP contribution is -2.47. The number of carbonyl (C=O) groups excluding carboxylic acids is 1. The summed E-state index contributed by atoms with van der Waals surface area (Å²) in [4.78, 5) is 14.2. The van der Waals surface area contributed by atoms with Crippen molar-refractivity contribution >= 4 is 17.5 Å². The highest BCUT2D eigenvalue weighted by atomic mass is 35.5. The molecule has 1 unspecified atom stereocenters. The van der Waals surface area contributed by atoms with E-state index in [-0.39, 0.29) is 11.9 Å². The number of benzene rings is 1. The van der Waals surface area contributed by atoms with Gasteiger partial charge < -0.3 is 15.4 Å². The number of ether oxygens (including phenoxy) is 1. The summed E-state index contributed by atoms with van der Waals surface area (Å²) < 4.78 is 5.79. The molecular formula is C16H23ClN2O2. The fourth-order valence-corrected chi connectivity index (χ4v) is 2.71. The molecule has 0 aromatic heterocycles. The molecular weight excluding hydrogens is 288 g/mol. The highest BCUT2D eigenvalue weighted by molar-refractivity contribution is 6.32. The Hall–Kier alpha value is -1.26. The molecule has 0 aliphatic carbocycles. The minimum Gasteiger partial charge on any atom is -0.481 e. The summed E-state index contributed by atoms with van der Waals surface area (Å²) in [5, 5.41) is 0.742. The number of rotatable bonds is 3. The van der Waals surface area contributed by atoms with Crippen LogP contribution in [0.2, 0.25) is 5.02 Å². The maximum atomic E-state index is 12.4. The van der Waals surface area contributed by atoms with Gasteiger partial charge in [-0.25, -0.2) is 0 Å². The van der Waals surface area contributed by atoms with Gasteiger partial charge in [0.25, 0.3) is 5.91 Å². The standard InChI is InChI=1S/C16H23ClN2O2/c1-10-8-14(9-11(2)15(10)17)21-12(3)16(20)19-6-4-13(18)5-7-19/h8-9,12-13H,4-7,18H2,1-3H3. The smallest absolute Gasteiger partial charge is 0.263 e. The Balaban J connectivity index is 2.00. The van der Waals surface area contributed by atoms with Crippen LogP contribution < -0.4 is 10.5 Å². The zero-order valence-corrected chi connectivity index (χ0v) is 13.6. The van der Waals surface area contributed by atoms with E-state index in [1.807, 2.05) is 30.9 Å². The summed E-state index contributed by atoms with van der Waals surface area (Å²) in [7, 11) is 0. The van der Waals surface area contributed by atoms with Gasteiger partial charge in [0.05, 0.1) is 0 Å². The van der Waals surface area contributed by atoms with E-state index >= 15 is 0 Å². The van der Waals surface area contributed by atoms with Crippen LogP contribution in [0.15, 0.2) is 12.1 Å². The van der Waals surface area contributed by atoms with Crippen molar-refractivity contribution < 1.29 is 9.53 Å². The van der Waals surface area contributed by atoms with Gasteiger partial charge >= 0.3 is 0 Å². The zero-order valence-electron chi connectivity index (χ0n) is 12.9.